The number of nitrogens with zero attached hydrogens (tertiary/aromatic N) is 2. The number of amides is 1. The van der Waals surface area contributed by atoms with Crippen LogP contribution in [0.3, 0.4) is 0 Å². The Labute approximate surface area is 163 Å². The van der Waals surface area contributed by atoms with E-state index in [1.165, 1.54) is 17.2 Å². The first-order valence-corrected chi connectivity index (χ1v) is 10.3. The van der Waals surface area contributed by atoms with Crippen LogP contribution in [0, 0.1) is 0 Å². The van der Waals surface area contributed by atoms with Gasteiger partial charge in [-0.05, 0) is 49.0 Å². The van der Waals surface area contributed by atoms with Gasteiger partial charge in [-0.2, -0.15) is 11.8 Å². The van der Waals surface area contributed by atoms with Gasteiger partial charge < -0.3 is 10.2 Å². The number of benzene rings is 2. The van der Waals surface area contributed by atoms with E-state index in [4.69, 9.17) is 12.2 Å². The fraction of sp³-hybridized carbons (Fsp3) is 0.300. The molecule has 2 aliphatic heterocycles. The third-order valence-electron chi connectivity index (χ3n) is 5.03. The molecule has 2 fully saturated rings. The predicted molar refractivity (Wildman–Crippen MR) is 113 cm³/mol. The zero-order chi connectivity index (χ0) is 18.1. The standard InChI is InChI=1S/C20H21N3OS2/c1-20(15-7-9-16(10-8-15)22-11-13-26-14-12-22)18(24)23(19(25)21-20)17-5-3-2-4-6-17/h2-10H,11-14H2,1H3,(H,21,25). The first kappa shape index (κ1) is 17.4. The van der Waals surface area contributed by atoms with Crippen LogP contribution in [0.2, 0.25) is 0 Å². The zero-order valence-electron chi connectivity index (χ0n) is 14.6. The van der Waals surface area contributed by atoms with Crippen LogP contribution in [0.1, 0.15) is 12.5 Å². The van der Waals surface area contributed by atoms with Gasteiger partial charge in [-0.1, -0.05) is 30.3 Å². The van der Waals surface area contributed by atoms with E-state index >= 15 is 0 Å². The number of nitrogens with one attached hydrogen (secondary N) is 1. The number of thioether (sulfide) groups is 1. The minimum Gasteiger partial charge on any atom is -0.370 e. The van der Waals surface area contributed by atoms with Gasteiger partial charge in [-0.15, -0.1) is 0 Å². The normalized spacial score (nSPS) is 23.3. The van der Waals surface area contributed by atoms with Crippen LogP contribution >= 0.6 is 24.0 Å². The Bertz CT molecular complexity index is 819. The molecule has 2 aliphatic rings. The second-order valence-corrected chi connectivity index (χ2v) is 8.29. The van der Waals surface area contributed by atoms with Crippen molar-refractivity contribution in [3.63, 3.8) is 0 Å². The fourth-order valence-corrected chi connectivity index (χ4v) is 4.77. The molecule has 2 aromatic rings. The zero-order valence-corrected chi connectivity index (χ0v) is 16.3. The molecular weight excluding hydrogens is 362 g/mol. The second kappa shape index (κ2) is 6.93. The summed E-state index contributed by atoms with van der Waals surface area (Å²) in [6.45, 7) is 4.05. The van der Waals surface area contributed by atoms with Crippen LogP contribution in [0.25, 0.3) is 0 Å². The summed E-state index contributed by atoms with van der Waals surface area (Å²) < 4.78 is 0. The van der Waals surface area contributed by atoms with Crippen molar-refractivity contribution in [1.29, 1.82) is 0 Å². The Balaban J connectivity index is 1.60. The number of rotatable bonds is 3. The number of hydrogen-bond donors (Lipinski definition) is 1. The minimum atomic E-state index is -0.844. The lowest BCUT2D eigenvalue weighted by Crippen LogP contribution is -2.41. The Hall–Kier alpha value is -2.05. The average Bonchev–Trinajstić information content (AvgIpc) is 2.93. The second-order valence-electron chi connectivity index (χ2n) is 6.68. The van der Waals surface area contributed by atoms with Gasteiger partial charge in [0.2, 0.25) is 0 Å². The molecule has 0 aliphatic carbocycles. The van der Waals surface area contributed by atoms with Crippen LogP contribution in [0.4, 0.5) is 11.4 Å². The molecule has 0 saturated carbocycles. The lowest BCUT2D eigenvalue weighted by Gasteiger charge is -2.29. The van der Waals surface area contributed by atoms with Crippen molar-refractivity contribution >= 4 is 46.4 Å². The van der Waals surface area contributed by atoms with Crippen LogP contribution in [-0.4, -0.2) is 35.6 Å². The minimum absolute atomic E-state index is 0.0455. The number of anilines is 2. The molecule has 1 unspecified atom stereocenters. The van der Waals surface area contributed by atoms with E-state index in [2.05, 4.69) is 22.3 Å². The quantitative estimate of drug-likeness (QED) is 0.822. The lowest BCUT2D eigenvalue weighted by atomic mass is 9.91. The molecule has 0 bridgehead atoms. The van der Waals surface area contributed by atoms with Crippen LogP contribution in [-0.2, 0) is 10.3 Å². The molecule has 2 saturated heterocycles. The summed E-state index contributed by atoms with van der Waals surface area (Å²) in [7, 11) is 0. The molecule has 4 nitrogen and oxygen atoms in total. The summed E-state index contributed by atoms with van der Waals surface area (Å²) in [5.74, 6) is 2.29. The molecule has 0 radical (unpaired) electrons. The van der Waals surface area contributed by atoms with Crippen molar-refractivity contribution in [2.75, 3.05) is 34.4 Å². The van der Waals surface area contributed by atoms with Gasteiger partial charge in [0.15, 0.2) is 5.11 Å². The maximum Gasteiger partial charge on any atom is 0.263 e. The highest BCUT2D eigenvalue weighted by Gasteiger charge is 2.47. The van der Waals surface area contributed by atoms with Crippen LogP contribution in [0.5, 0.6) is 0 Å². The van der Waals surface area contributed by atoms with Gasteiger partial charge in [-0.3, -0.25) is 9.69 Å². The molecule has 4 rings (SSSR count). The molecule has 0 spiro atoms. The third kappa shape index (κ3) is 2.97. The molecule has 1 N–H and O–H groups in total. The fourth-order valence-electron chi connectivity index (χ4n) is 3.47. The SMILES string of the molecule is CC1(c2ccc(N3CCSCC3)cc2)NC(=S)N(c2ccccc2)C1=O. The molecular formula is C20H21N3OS2. The van der Waals surface area contributed by atoms with Crippen LogP contribution < -0.4 is 15.1 Å². The first-order chi connectivity index (χ1) is 12.6. The Morgan fingerprint density at radius 1 is 1.00 bits per heavy atom. The van der Waals surface area contributed by atoms with Crippen molar-refractivity contribution in [1.82, 2.24) is 5.32 Å². The van der Waals surface area contributed by atoms with Gasteiger partial charge in [-0.25, -0.2) is 0 Å². The first-order valence-electron chi connectivity index (χ1n) is 8.74. The van der Waals surface area contributed by atoms with Gasteiger partial charge in [0.25, 0.3) is 5.91 Å². The topological polar surface area (TPSA) is 35.6 Å². The van der Waals surface area contributed by atoms with Crippen molar-refractivity contribution in [2.24, 2.45) is 0 Å². The van der Waals surface area contributed by atoms with Crippen molar-refractivity contribution < 1.29 is 4.79 Å². The van der Waals surface area contributed by atoms with E-state index in [0.717, 1.165) is 24.3 Å². The number of thiocarbonyl (C=S) groups is 1. The monoisotopic (exact) mass is 383 g/mol. The largest absolute Gasteiger partial charge is 0.370 e. The van der Waals surface area contributed by atoms with Gasteiger partial charge in [0.1, 0.15) is 5.54 Å². The van der Waals surface area contributed by atoms with E-state index < -0.39 is 5.54 Å². The molecule has 6 heteroatoms. The molecule has 2 aromatic carbocycles. The van der Waals surface area contributed by atoms with Crippen molar-refractivity contribution in [3.8, 4) is 0 Å². The van der Waals surface area contributed by atoms with Gasteiger partial charge in [0.05, 0.1) is 5.69 Å². The highest BCUT2D eigenvalue weighted by atomic mass is 32.2. The molecule has 2 heterocycles. The lowest BCUT2D eigenvalue weighted by molar-refractivity contribution is -0.121. The molecule has 0 aromatic heterocycles. The highest BCUT2D eigenvalue weighted by molar-refractivity contribution is 7.99. The maximum atomic E-state index is 13.2. The summed E-state index contributed by atoms with van der Waals surface area (Å²) in [5, 5.41) is 3.68. The summed E-state index contributed by atoms with van der Waals surface area (Å²) in [4.78, 5) is 17.2. The number of para-hydroxylation sites is 1. The summed E-state index contributed by atoms with van der Waals surface area (Å²) >= 11 is 7.46. The molecule has 26 heavy (non-hydrogen) atoms. The van der Waals surface area contributed by atoms with E-state index in [1.807, 2.05) is 61.2 Å². The summed E-state index contributed by atoms with van der Waals surface area (Å²) in [6.07, 6.45) is 0. The van der Waals surface area contributed by atoms with Gasteiger partial charge >= 0.3 is 0 Å². The molecule has 134 valence electrons. The van der Waals surface area contributed by atoms with Crippen LogP contribution in [0.15, 0.2) is 54.6 Å². The molecule has 1 atom stereocenters. The Morgan fingerprint density at radius 3 is 2.31 bits per heavy atom. The maximum absolute atomic E-state index is 13.2. The van der Waals surface area contributed by atoms with Crippen molar-refractivity contribution in [2.45, 2.75) is 12.5 Å². The summed E-state index contributed by atoms with van der Waals surface area (Å²) in [5.41, 5.74) is 2.09. The number of carbonyl (C=O) groups excluding carboxylic acids is 1. The Morgan fingerprint density at radius 2 is 1.65 bits per heavy atom. The van der Waals surface area contributed by atoms with E-state index in [-0.39, 0.29) is 5.91 Å². The molecule has 1 amide bonds. The van der Waals surface area contributed by atoms with E-state index in [9.17, 15) is 4.79 Å². The van der Waals surface area contributed by atoms with Gasteiger partial charge in [0, 0.05) is 30.3 Å². The predicted octanol–water partition coefficient (Wildman–Crippen LogP) is 3.38. The number of carbonyl (C=O) groups is 1. The highest BCUT2D eigenvalue weighted by Crippen LogP contribution is 2.33. The van der Waals surface area contributed by atoms with E-state index in [0.29, 0.717) is 5.11 Å². The smallest absolute Gasteiger partial charge is 0.263 e. The summed E-state index contributed by atoms with van der Waals surface area (Å²) in [6, 6.07) is 17.8. The number of hydrogen-bond acceptors (Lipinski definition) is 4. The van der Waals surface area contributed by atoms with Crippen molar-refractivity contribution in [3.05, 3.63) is 60.2 Å². The average molecular weight is 384 g/mol. The third-order valence-corrected chi connectivity index (χ3v) is 6.25. The Kier molecular flexibility index (Phi) is 4.63. The van der Waals surface area contributed by atoms with E-state index in [1.54, 1.807) is 4.90 Å².